The van der Waals surface area contributed by atoms with Crippen LogP contribution in [0.15, 0.2) is 35.9 Å². The van der Waals surface area contributed by atoms with Gasteiger partial charge in [0, 0.05) is 24.7 Å². The van der Waals surface area contributed by atoms with Gasteiger partial charge in [-0.15, -0.1) is 0 Å². The fourth-order valence-electron chi connectivity index (χ4n) is 3.54. The number of hydrogen-bond donors (Lipinski definition) is 1. The number of ether oxygens (including phenoxy) is 1. The first kappa shape index (κ1) is 18.0. The molecular weight excluding hydrogens is 312 g/mol. The minimum absolute atomic E-state index is 0.137. The summed E-state index contributed by atoms with van der Waals surface area (Å²) >= 11 is 0. The van der Waals surface area contributed by atoms with Crippen LogP contribution in [0.2, 0.25) is 0 Å². The summed E-state index contributed by atoms with van der Waals surface area (Å²) in [4.78, 5) is 14.7. The number of amides is 1. The molecular formula is C21H30N2O2. The van der Waals surface area contributed by atoms with Gasteiger partial charge in [0.2, 0.25) is 5.91 Å². The zero-order chi connectivity index (χ0) is 17.5. The molecule has 1 aromatic carbocycles. The number of hydrogen-bond acceptors (Lipinski definition) is 3. The Hall–Kier alpha value is -1.81. The highest BCUT2D eigenvalue weighted by molar-refractivity contribution is 5.78. The highest BCUT2D eigenvalue weighted by Crippen LogP contribution is 2.30. The topological polar surface area (TPSA) is 41.6 Å². The molecule has 4 nitrogen and oxygen atoms in total. The standard InChI is InChI=1S/C21H30N2O2/c1-25-20-10-6-5-9-18(20)15-23(19-11-12-19)16-21(24)22-14-13-17-7-3-2-4-8-17/h5-7,9-10,19H,2-4,8,11-16H2,1H3,(H,22,24). The molecule has 0 atom stereocenters. The van der Waals surface area contributed by atoms with Gasteiger partial charge in [-0.3, -0.25) is 9.69 Å². The van der Waals surface area contributed by atoms with E-state index in [-0.39, 0.29) is 5.91 Å². The number of carbonyl (C=O) groups excluding carboxylic acids is 1. The third-order valence-corrected chi connectivity index (χ3v) is 5.13. The van der Waals surface area contributed by atoms with Crippen molar-refractivity contribution in [1.82, 2.24) is 10.2 Å². The molecule has 0 aliphatic heterocycles. The highest BCUT2D eigenvalue weighted by atomic mass is 16.5. The monoisotopic (exact) mass is 342 g/mol. The molecule has 1 saturated carbocycles. The van der Waals surface area contributed by atoms with Crippen molar-refractivity contribution in [1.29, 1.82) is 0 Å². The molecule has 2 aliphatic rings. The Balaban J connectivity index is 1.48. The van der Waals surface area contributed by atoms with E-state index >= 15 is 0 Å². The van der Waals surface area contributed by atoms with Crippen molar-refractivity contribution in [3.8, 4) is 5.75 Å². The van der Waals surface area contributed by atoms with Crippen LogP contribution in [0.4, 0.5) is 0 Å². The van der Waals surface area contributed by atoms with E-state index in [1.807, 2.05) is 18.2 Å². The SMILES string of the molecule is COc1ccccc1CN(CC(=O)NCCC1=CCCCC1)C1CC1. The fourth-order valence-corrected chi connectivity index (χ4v) is 3.54. The summed E-state index contributed by atoms with van der Waals surface area (Å²) < 4.78 is 5.45. The second kappa shape index (κ2) is 9.04. The number of nitrogens with zero attached hydrogens (tertiary/aromatic N) is 1. The van der Waals surface area contributed by atoms with Crippen LogP contribution in [-0.4, -0.2) is 37.0 Å². The quantitative estimate of drug-likeness (QED) is 0.696. The Labute approximate surface area is 151 Å². The number of benzene rings is 1. The fraction of sp³-hybridized carbons (Fsp3) is 0.571. The third kappa shape index (κ3) is 5.60. The molecule has 1 fully saturated rings. The van der Waals surface area contributed by atoms with Gasteiger partial charge in [-0.2, -0.15) is 0 Å². The van der Waals surface area contributed by atoms with Crippen LogP contribution in [0, 0.1) is 0 Å². The van der Waals surface area contributed by atoms with Crippen molar-refractivity contribution in [3.63, 3.8) is 0 Å². The van der Waals surface area contributed by atoms with Crippen LogP contribution in [0.3, 0.4) is 0 Å². The van der Waals surface area contributed by atoms with Gasteiger partial charge in [0.05, 0.1) is 13.7 Å². The van der Waals surface area contributed by atoms with E-state index < -0.39 is 0 Å². The van der Waals surface area contributed by atoms with E-state index in [4.69, 9.17) is 4.74 Å². The van der Waals surface area contributed by atoms with Crippen molar-refractivity contribution in [2.75, 3.05) is 20.2 Å². The molecule has 136 valence electrons. The average molecular weight is 342 g/mol. The number of para-hydroxylation sites is 1. The molecule has 2 aliphatic carbocycles. The minimum atomic E-state index is 0.137. The Morgan fingerprint density at radius 3 is 2.84 bits per heavy atom. The van der Waals surface area contributed by atoms with Gasteiger partial charge in [0.15, 0.2) is 0 Å². The van der Waals surface area contributed by atoms with Gasteiger partial charge >= 0.3 is 0 Å². The molecule has 0 saturated heterocycles. The molecule has 0 aromatic heterocycles. The average Bonchev–Trinajstić information content (AvgIpc) is 3.48. The summed E-state index contributed by atoms with van der Waals surface area (Å²) in [6, 6.07) is 8.62. The molecule has 0 radical (unpaired) electrons. The molecule has 0 spiro atoms. The van der Waals surface area contributed by atoms with Crippen LogP contribution in [0.5, 0.6) is 5.75 Å². The third-order valence-electron chi connectivity index (χ3n) is 5.13. The van der Waals surface area contributed by atoms with Crippen molar-refractivity contribution in [3.05, 3.63) is 41.5 Å². The van der Waals surface area contributed by atoms with Gasteiger partial charge in [0.25, 0.3) is 0 Å². The Morgan fingerprint density at radius 2 is 2.12 bits per heavy atom. The Morgan fingerprint density at radius 1 is 1.28 bits per heavy atom. The van der Waals surface area contributed by atoms with Gasteiger partial charge in [-0.1, -0.05) is 29.8 Å². The maximum Gasteiger partial charge on any atom is 0.234 e. The highest BCUT2D eigenvalue weighted by Gasteiger charge is 2.30. The Kier molecular flexibility index (Phi) is 6.51. The molecule has 1 N–H and O–H groups in total. The molecule has 1 aromatic rings. The summed E-state index contributed by atoms with van der Waals surface area (Å²) in [7, 11) is 1.70. The Bertz CT molecular complexity index is 608. The molecule has 1 amide bonds. The van der Waals surface area contributed by atoms with Gasteiger partial charge in [0.1, 0.15) is 5.75 Å². The number of carbonyl (C=O) groups is 1. The zero-order valence-electron chi connectivity index (χ0n) is 15.3. The number of nitrogens with one attached hydrogen (secondary N) is 1. The molecule has 4 heteroatoms. The van der Waals surface area contributed by atoms with E-state index in [0.717, 1.165) is 30.8 Å². The van der Waals surface area contributed by atoms with Crippen molar-refractivity contribution < 1.29 is 9.53 Å². The maximum absolute atomic E-state index is 12.4. The zero-order valence-corrected chi connectivity index (χ0v) is 15.3. The molecule has 25 heavy (non-hydrogen) atoms. The largest absolute Gasteiger partial charge is 0.496 e. The lowest BCUT2D eigenvalue weighted by Gasteiger charge is -2.22. The van der Waals surface area contributed by atoms with E-state index in [2.05, 4.69) is 22.4 Å². The normalized spacial score (nSPS) is 17.3. The van der Waals surface area contributed by atoms with Crippen LogP contribution in [-0.2, 0) is 11.3 Å². The molecule has 0 bridgehead atoms. The summed E-state index contributed by atoms with van der Waals surface area (Å²) in [5.41, 5.74) is 2.66. The van der Waals surface area contributed by atoms with Crippen LogP contribution >= 0.6 is 0 Å². The maximum atomic E-state index is 12.4. The molecule has 0 unspecified atom stereocenters. The van der Waals surface area contributed by atoms with Gasteiger partial charge in [-0.25, -0.2) is 0 Å². The summed E-state index contributed by atoms with van der Waals surface area (Å²) in [6.45, 7) is 2.01. The first-order valence-electron chi connectivity index (χ1n) is 9.57. The lowest BCUT2D eigenvalue weighted by molar-refractivity contribution is -0.122. The molecule has 0 heterocycles. The van der Waals surface area contributed by atoms with E-state index in [1.54, 1.807) is 7.11 Å². The van der Waals surface area contributed by atoms with Gasteiger partial charge in [-0.05, 0) is 51.0 Å². The first-order valence-corrected chi connectivity index (χ1v) is 9.57. The first-order chi connectivity index (χ1) is 12.3. The second-order valence-corrected chi connectivity index (χ2v) is 7.16. The van der Waals surface area contributed by atoms with E-state index in [1.165, 1.54) is 44.1 Å². The number of rotatable bonds is 9. The van der Waals surface area contributed by atoms with Crippen molar-refractivity contribution in [2.45, 2.75) is 57.5 Å². The van der Waals surface area contributed by atoms with E-state index in [0.29, 0.717) is 12.6 Å². The van der Waals surface area contributed by atoms with Crippen molar-refractivity contribution in [2.24, 2.45) is 0 Å². The van der Waals surface area contributed by atoms with Crippen molar-refractivity contribution >= 4 is 5.91 Å². The summed E-state index contributed by atoms with van der Waals surface area (Å²) in [6.07, 6.45) is 10.8. The second-order valence-electron chi connectivity index (χ2n) is 7.16. The molecule has 3 rings (SSSR count). The lowest BCUT2D eigenvalue weighted by atomic mass is 9.97. The van der Waals surface area contributed by atoms with Crippen LogP contribution in [0.25, 0.3) is 0 Å². The summed E-state index contributed by atoms with van der Waals surface area (Å²) in [5.74, 6) is 1.04. The predicted octanol–water partition coefficient (Wildman–Crippen LogP) is 3.67. The van der Waals surface area contributed by atoms with E-state index in [9.17, 15) is 4.79 Å². The van der Waals surface area contributed by atoms with Gasteiger partial charge < -0.3 is 10.1 Å². The minimum Gasteiger partial charge on any atom is -0.496 e. The van der Waals surface area contributed by atoms with Crippen LogP contribution in [0.1, 0.15) is 50.5 Å². The smallest absolute Gasteiger partial charge is 0.234 e. The summed E-state index contributed by atoms with van der Waals surface area (Å²) in [5, 5.41) is 3.10. The predicted molar refractivity (Wildman–Crippen MR) is 101 cm³/mol. The lowest BCUT2D eigenvalue weighted by Crippen LogP contribution is -2.38. The number of methoxy groups -OCH3 is 1. The van der Waals surface area contributed by atoms with Crippen LogP contribution < -0.4 is 10.1 Å². The number of allylic oxidation sites excluding steroid dienone is 1.